The fourth-order valence-electron chi connectivity index (χ4n) is 5.80. The number of hydrogen-bond acceptors (Lipinski definition) is 8. The van der Waals surface area contributed by atoms with Crippen LogP contribution in [0.4, 0.5) is 0 Å². The van der Waals surface area contributed by atoms with Crippen LogP contribution in [0.2, 0.25) is 0 Å². The van der Waals surface area contributed by atoms with Gasteiger partial charge in [0.1, 0.15) is 29.7 Å². The molecule has 18 heteroatoms. The van der Waals surface area contributed by atoms with Crippen LogP contribution < -0.4 is 4.74 Å². The minimum absolute atomic E-state index is 0.0694. The van der Waals surface area contributed by atoms with Gasteiger partial charge in [0, 0.05) is 39.3 Å². The van der Waals surface area contributed by atoms with E-state index in [1.54, 1.807) is 19.9 Å². The third-order valence-corrected chi connectivity index (χ3v) is 9.57. The summed E-state index contributed by atoms with van der Waals surface area (Å²) in [6.45, 7) is 14.0. The topological polar surface area (TPSA) is 101 Å². The van der Waals surface area contributed by atoms with E-state index in [4.69, 9.17) is 23.7 Å². The third kappa shape index (κ3) is 25.4. The maximum atomic E-state index is 11.4. The van der Waals surface area contributed by atoms with E-state index in [-0.39, 0.29) is 34.8 Å². The molecule has 8 nitrogen and oxygen atoms in total. The Morgan fingerprint density at radius 2 is 1.17 bits per heavy atom. The molecule has 2 aromatic rings. The van der Waals surface area contributed by atoms with Crippen LogP contribution in [0.1, 0.15) is 101 Å². The van der Waals surface area contributed by atoms with E-state index in [1.807, 2.05) is 33.8 Å². The van der Waals surface area contributed by atoms with Crippen LogP contribution in [-0.4, -0.2) is 67.6 Å². The van der Waals surface area contributed by atoms with Gasteiger partial charge in [-0.05, 0) is 157 Å². The van der Waals surface area contributed by atoms with E-state index < -0.39 is 0 Å². The summed E-state index contributed by atoms with van der Waals surface area (Å²) in [5.41, 5.74) is 4.95. The molecule has 2 aliphatic carbocycles. The Morgan fingerprint density at radius 1 is 0.778 bits per heavy atom. The van der Waals surface area contributed by atoms with Crippen LogP contribution in [0, 0.1) is 0 Å². The first-order chi connectivity index (χ1) is 25.6. The van der Waals surface area contributed by atoms with Crippen LogP contribution in [0.3, 0.4) is 0 Å². The molecule has 2 unspecified atom stereocenters. The quantitative estimate of drug-likeness (QED) is 0.101. The van der Waals surface area contributed by atoms with Crippen molar-refractivity contribution in [2.75, 3.05) is 38.4 Å². The number of halogens is 8. The number of ketones is 2. The molecule has 309 valence electrons. The van der Waals surface area contributed by atoms with Gasteiger partial charge in [-0.15, -0.1) is 0 Å². The summed E-state index contributed by atoms with van der Waals surface area (Å²) in [4.78, 5) is 22.3. The Hall–Kier alpha value is 3.48. The normalized spacial score (nSPS) is 15.1. The molecule has 0 aliphatic heterocycles. The van der Waals surface area contributed by atoms with Crippen molar-refractivity contribution in [2.24, 2.45) is 0 Å². The summed E-state index contributed by atoms with van der Waals surface area (Å²) in [5.74, 6) is 2.12. The van der Waals surface area contributed by atoms with Crippen molar-refractivity contribution in [1.29, 1.82) is 0 Å². The van der Waals surface area contributed by atoms with Gasteiger partial charge in [-0.2, -0.15) is 0 Å². The molecule has 0 fully saturated rings. The van der Waals surface area contributed by atoms with Crippen molar-refractivity contribution in [3.05, 3.63) is 55.5 Å². The Bertz CT molecular complexity index is 1360. The van der Waals surface area contributed by atoms with Gasteiger partial charge < -0.3 is 38.4 Å². The number of Topliss-reactive ketones (excluding diaryl/α,β-unsaturated/α-hetero) is 2. The first kappa shape index (κ1) is 57.5. The molecule has 0 bridgehead atoms. The molecule has 1 N–H and O–H groups in total. The predicted octanol–water partition coefficient (Wildman–Crippen LogP) is 13.6. The second-order valence-corrected chi connectivity index (χ2v) is 61.2. The number of hydrogen-bond donors (Lipinski definition) is 1. The standard InChI is InChI=1S/C18H25BrO4.C12H13BrO2.C6H13BrO2.5HI.2V/c1-4-21-18(22-5-2)11-23-17-10-15-13(8-12(3)20)6-7-14(15)9-16(17)19;1-7(14)4-8-2-3-9-5-11(13)12(15)6-10(8)9;1-3-8-6(5-7)9-4-2;;;;;;;/h9-10,13,18H,4-8,11H2,1-3H3;5-6,8,15H,2-4H2,1H3;6H,3-5H2,1-2H3;5*1H;;/q;;;;;;;;+2;+3/p-5. The van der Waals surface area contributed by atoms with Crippen molar-refractivity contribution in [3.63, 3.8) is 0 Å². The first-order valence-electron chi connectivity index (χ1n) is 17.3. The monoisotopic (exact) mass is 1580 g/mol. The number of alkyl halides is 1. The fourth-order valence-corrected chi connectivity index (χ4v) is 7.07. The summed E-state index contributed by atoms with van der Waals surface area (Å²) >= 11 is 22.3. The van der Waals surface area contributed by atoms with Crippen LogP contribution in [0.5, 0.6) is 11.5 Å². The zero-order valence-electron chi connectivity index (χ0n) is 31.3. The van der Waals surface area contributed by atoms with Gasteiger partial charge in [0.05, 0.1) is 14.3 Å². The summed E-state index contributed by atoms with van der Waals surface area (Å²) in [6, 6.07) is 7.93. The number of phenols is 1. The minimum atomic E-state index is -0.363. The molecule has 0 spiro atoms. The molecule has 2 atom stereocenters. The molecule has 0 amide bonds. The van der Waals surface area contributed by atoms with E-state index in [0.717, 1.165) is 51.3 Å². The number of fused-ring (bicyclic) bond motifs is 2. The zero-order chi connectivity index (χ0) is 41.2. The van der Waals surface area contributed by atoms with Gasteiger partial charge in [-0.3, -0.25) is 0 Å². The van der Waals surface area contributed by atoms with E-state index in [0.29, 0.717) is 67.2 Å². The number of ether oxygens (including phenoxy) is 5. The number of carbonyl (C=O) groups excluding carboxylic acids is 2. The van der Waals surface area contributed by atoms with E-state index in [2.05, 4.69) is 160 Å². The van der Waals surface area contributed by atoms with Crippen LogP contribution in [0.15, 0.2) is 33.2 Å². The van der Waals surface area contributed by atoms with E-state index in [1.165, 1.54) is 16.7 Å². The Morgan fingerprint density at radius 3 is 1.56 bits per heavy atom. The third-order valence-electron chi connectivity index (χ3n) is 7.79. The van der Waals surface area contributed by atoms with Gasteiger partial charge in [0.15, 0.2) is 12.6 Å². The molecular formula is C36H51Br3I5O8V2. The van der Waals surface area contributed by atoms with E-state index >= 15 is 0 Å². The number of rotatable bonds is 16. The molecule has 4 rings (SSSR count). The van der Waals surface area contributed by atoms with Crippen LogP contribution in [-0.2, 0) is 55.8 Å². The molecule has 2 aromatic carbocycles. The SMILES string of the molecule is CC(=O)CC1CCc2cc(Br)c(O)cc21.CCOC(CBr)OCC.CCOC(COc1cc2c(cc1Br)CCC2CC(C)=O)OCC.[I][V]([I])[I].[I][V][I]. The zero-order valence-corrected chi connectivity index (χ0v) is 49.7. The molecule has 0 saturated heterocycles. The Kier molecular flexibility index (Phi) is 37.3. The average Bonchev–Trinajstić information content (AvgIpc) is 3.66. The predicted molar refractivity (Wildman–Crippen MR) is 266 cm³/mol. The number of benzene rings is 2. The fraction of sp³-hybridized carbons (Fsp3) is 0.611. The van der Waals surface area contributed by atoms with Gasteiger partial charge in [0.2, 0.25) is 0 Å². The second-order valence-electron chi connectivity index (χ2n) is 11.7. The van der Waals surface area contributed by atoms with Crippen LogP contribution >= 0.6 is 148 Å². The Labute approximate surface area is 415 Å². The Balaban J connectivity index is 0.000000775. The van der Waals surface area contributed by atoms with Crippen molar-refractivity contribution < 1.29 is 52.8 Å². The molecule has 0 saturated carbocycles. The number of phenolic OH excluding ortho intramolecular Hbond substituents is 1. The maximum absolute atomic E-state index is 11.4. The summed E-state index contributed by atoms with van der Waals surface area (Å²) in [7, 11) is 0.628. The van der Waals surface area contributed by atoms with Crippen molar-refractivity contribution in [3.8, 4) is 11.5 Å². The van der Waals surface area contributed by atoms with Gasteiger partial charge in [-0.1, -0.05) is 15.9 Å². The molecule has 54 heavy (non-hydrogen) atoms. The molecule has 0 radical (unpaired) electrons. The van der Waals surface area contributed by atoms with E-state index in [9.17, 15) is 14.7 Å². The number of carbonyl (C=O) groups is 2. The molecular weight excluding hydrogens is 1540 g/mol. The molecule has 0 aromatic heterocycles. The average molecular weight is 1590 g/mol. The molecule has 2 aliphatic rings. The summed E-state index contributed by atoms with van der Waals surface area (Å²) < 4.78 is 28.9. The van der Waals surface area contributed by atoms with Crippen molar-refractivity contribution in [1.82, 2.24) is 0 Å². The van der Waals surface area contributed by atoms with Gasteiger partial charge in [0.25, 0.3) is 0 Å². The van der Waals surface area contributed by atoms with Crippen molar-refractivity contribution in [2.45, 2.75) is 104 Å². The first-order valence-corrected chi connectivity index (χ1v) is 42.5. The molecule has 0 heterocycles. The second kappa shape index (κ2) is 35.0. The number of aromatic hydroxyl groups is 1. The van der Waals surface area contributed by atoms with Crippen molar-refractivity contribution >= 4 is 159 Å². The summed E-state index contributed by atoms with van der Waals surface area (Å²) in [6.07, 6.45) is 4.84. The summed E-state index contributed by atoms with van der Waals surface area (Å²) in [5, 5.41) is 10.3. The van der Waals surface area contributed by atoms with Gasteiger partial charge >= 0.3 is 114 Å². The van der Waals surface area contributed by atoms with Crippen LogP contribution in [0.25, 0.3) is 0 Å². The number of aryl methyl sites for hydroxylation is 2. The van der Waals surface area contributed by atoms with Gasteiger partial charge in [-0.25, -0.2) is 0 Å².